The fourth-order valence-corrected chi connectivity index (χ4v) is 2.72. The zero-order valence-corrected chi connectivity index (χ0v) is 12.3. The number of aryl methyl sites for hydroxylation is 2. The third-order valence-corrected chi connectivity index (χ3v) is 3.81. The molecule has 2 N–H and O–H groups in total. The van der Waals surface area contributed by atoms with Crippen LogP contribution >= 0.6 is 0 Å². The first kappa shape index (κ1) is 13.4. The zero-order valence-electron chi connectivity index (χ0n) is 12.3. The highest BCUT2D eigenvalue weighted by molar-refractivity contribution is 5.51. The monoisotopic (exact) mass is 273 g/mol. The van der Waals surface area contributed by atoms with Gasteiger partial charge in [0.25, 0.3) is 0 Å². The van der Waals surface area contributed by atoms with Crippen LogP contribution in [0.3, 0.4) is 0 Å². The Hall–Kier alpha value is -1.62. The van der Waals surface area contributed by atoms with Gasteiger partial charge in [-0.15, -0.1) is 0 Å². The molecule has 0 saturated carbocycles. The molecule has 1 fully saturated rings. The molecule has 1 atom stereocenters. The highest BCUT2D eigenvalue weighted by atomic mass is 15.3. The van der Waals surface area contributed by atoms with Crippen molar-refractivity contribution in [3.8, 4) is 0 Å². The summed E-state index contributed by atoms with van der Waals surface area (Å²) < 4.78 is 1.95. The van der Waals surface area contributed by atoms with Crippen LogP contribution in [-0.4, -0.2) is 33.7 Å². The summed E-state index contributed by atoms with van der Waals surface area (Å²) in [6.07, 6.45) is 4.23. The van der Waals surface area contributed by atoms with E-state index in [2.05, 4.69) is 41.7 Å². The number of anilines is 1. The van der Waals surface area contributed by atoms with Crippen LogP contribution in [0.5, 0.6) is 0 Å². The first-order chi connectivity index (χ1) is 9.80. The molecule has 2 aromatic heterocycles. The maximum absolute atomic E-state index is 4.71. The summed E-state index contributed by atoms with van der Waals surface area (Å²) in [5.41, 5.74) is 3.20. The van der Waals surface area contributed by atoms with Crippen LogP contribution < -0.4 is 10.6 Å². The molecule has 0 aromatic carbocycles. The van der Waals surface area contributed by atoms with Gasteiger partial charge in [0, 0.05) is 30.4 Å². The molecule has 0 spiro atoms. The van der Waals surface area contributed by atoms with Gasteiger partial charge >= 0.3 is 0 Å². The van der Waals surface area contributed by atoms with E-state index in [4.69, 9.17) is 4.98 Å². The molecule has 2 aromatic rings. The number of nitrogens with zero attached hydrogens (tertiary/aromatic N) is 3. The van der Waals surface area contributed by atoms with Crippen molar-refractivity contribution >= 4 is 11.5 Å². The Morgan fingerprint density at radius 1 is 1.35 bits per heavy atom. The average molecular weight is 273 g/mol. The first-order valence-corrected chi connectivity index (χ1v) is 7.66. The van der Waals surface area contributed by atoms with Crippen molar-refractivity contribution in [1.82, 2.24) is 19.9 Å². The van der Waals surface area contributed by atoms with Crippen molar-refractivity contribution in [1.29, 1.82) is 0 Å². The van der Waals surface area contributed by atoms with Crippen molar-refractivity contribution in [3.05, 3.63) is 23.5 Å². The Kier molecular flexibility index (Phi) is 3.87. The number of hydrogen-bond donors (Lipinski definition) is 2. The molecule has 0 amide bonds. The zero-order chi connectivity index (χ0) is 13.9. The minimum Gasteiger partial charge on any atom is -0.366 e. The largest absolute Gasteiger partial charge is 0.366 e. The molecule has 0 radical (unpaired) electrons. The van der Waals surface area contributed by atoms with Gasteiger partial charge in [-0.2, -0.15) is 9.61 Å². The number of hydrogen-bond acceptors (Lipinski definition) is 4. The summed E-state index contributed by atoms with van der Waals surface area (Å²) >= 11 is 0. The van der Waals surface area contributed by atoms with E-state index >= 15 is 0 Å². The van der Waals surface area contributed by atoms with E-state index in [1.807, 2.05) is 4.52 Å². The maximum atomic E-state index is 4.71. The van der Waals surface area contributed by atoms with E-state index in [-0.39, 0.29) is 0 Å². The molecule has 1 aliphatic rings. The second kappa shape index (κ2) is 5.79. The summed E-state index contributed by atoms with van der Waals surface area (Å²) in [4.78, 5) is 4.71. The fourth-order valence-electron chi connectivity index (χ4n) is 2.72. The smallest absolute Gasteiger partial charge is 0.157 e. The Balaban J connectivity index is 1.98. The molecule has 1 unspecified atom stereocenters. The normalized spacial score (nSPS) is 18.8. The number of aromatic nitrogens is 3. The number of rotatable bonds is 5. The minimum atomic E-state index is 0.490. The van der Waals surface area contributed by atoms with Crippen molar-refractivity contribution in [2.75, 3.05) is 18.4 Å². The molecular weight excluding hydrogens is 250 g/mol. The highest BCUT2D eigenvalue weighted by Crippen LogP contribution is 2.17. The first-order valence-electron chi connectivity index (χ1n) is 7.66. The number of nitrogens with one attached hydrogen (secondary N) is 2. The van der Waals surface area contributed by atoms with Gasteiger partial charge < -0.3 is 10.6 Å². The van der Waals surface area contributed by atoms with Gasteiger partial charge in [0.2, 0.25) is 0 Å². The lowest BCUT2D eigenvalue weighted by molar-refractivity contribution is 0.766. The third kappa shape index (κ3) is 2.63. The highest BCUT2D eigenvalue weighted by Gasteiger charge is 2.16. The van der Waals surface area contributed by atoms with Crippen LogP contribution in [0.4, 0.5) is 5.82 Å². The summed E-state index contributed by atoms with van der Waals surface area (Å²) in [6.45, 7) is 6.43. The van der Waals surface area contributed by atoms with Gasteiger partial charge in [0.05, 0.1) is 5.69 Å². The van der Waals surface area contributed by atoms with Gasteiger partial charge in [0.1, 0.15) is 5.82 Å². The molecule has 0 aliphatic carbocycles. The van der Waals surface area contributed by atoms with Crippen LogP contribution in [0.25, 0.3) is 5.65 Å². The van der Waals surface area contributed by atoms with Crippen LogP contribution in [-0.2, 0) is 12.8 Å². The predicted molar refractivity (Wildman–Crippen MR) is 81.3 cm³/mol. The molecule has 20 heavy (non-hydrogen) atoms. The van der Waals surface area contributed by atoms with Crippen LogP contribution in [0, 0.1) is 0 Å². The van der Waals surface area contributed by atoms with E-state index in [0.717, 1.165) is 61.6 Å². The maximum Gasteiger partial charge on any atom is 0.157 e. The predicted octanol–water partition coefficient (Wildman–Crippen LogP) is 2.02. The Morgan fingerprint density at radius 2 is 2.25 bits per heavy atom. The molecule has 1 saturated heterocycles. The van der Waals surface area contributed by atoms with Crippen molar-refractivity contribution in [3.63, 3.8) is 0 Å². The molecule has 0 bridgehead atoms. The summed E-state index contributed by atoms with van der Waals surface area (Å²) in [5.74, 6) is 1.08. The summed E-state index contributed by atoms with van der Waals surface area (Å²) in [7, 11) is 0. The standard InChI is InChI=1S/C15H23N5/c1-3-5-12-9-15(18-13-6-7-16-10-13)20-14(17-12)8-11(4-2)19-20/h8-9,13,16,18H,3-7,10H2,1-2H3. The van der Waals surface area contributed by atoms with Crippen molar-refractivity contribution in [2.45, 2.75) is 45.6 Å². The van der Waals surface area contributed by atoms with E-state index in [1.165, 1.54) is 0 Å². The van der Waals surface area contributed by atoms with Gasteiger partial charge in [-0.3, -0.25) is 0 Å². The molecule has 108 valence electrons. The Bertz CT molecular complexity index is 583. The van der Waals surface area contributed by atoms with Crippen LogP contribution in [0.15, 0.2) is 12.1 Å². The SMILES string of the molecule is CCCc1cc(NC2CCNC2)n2nc(CC)cc2n1. The van der Waals surface area contributed by atoms with Gasteiger partial charge in [0.15, 0.2) is 5.65 Å². The molecule has 3 heterocycles. The minimum absolute atomic E-state index is 0.490. The van der Waals surface area contributed by atoms with E-state index in [1.54, 1.807) is 0 Å². The van der Waals surface area contributed by atoms with Crippen LogP contribution in [0.1, 0.15) is 38.1 Å². The summed E-state index contributed by atoms with van der Waals surface area (Å²) in [6, 6.07) is 4.74. The topological polar surface area (TPSA) is 54.2 Å². The molecule has 1 aliphatic heterocycles. The van der Waals surface area contributed by atoms with E-state index in [0.29, 0.717) is 6.04 Å². The van der Waals surface area contributed by atoms with Crippen molar-refractivity contribution in [2.24, 2.45) is 0 Å². The second-order valence-corrected chi connectivity index (χ2v) is 5.48. The fraction of sp³-hybridized carbons (Fsp3) is 0.600. The summed E-state index contributed by atoms with van der Waals surface area (Å²) in [5, 5.41) is 11.7. The lowest BCUT2D eigenvalue weighted by Crippen LogP contribution is -2.24. The second-order valence-electron chi connectivity index (χ2n) is 5.48. The lowest BCUT2D eigenvalue weighted by atomic mass is 10.2. The quantitative estimate of drug-likeness (QED) is 0.875. The molecule has 5 nitrogen and oxygen atoms in total. The molecule has 3 rings (SSSR count). The molecule has 5 heteroatoms. The van der Waals surface area contributed by atoms with Gasteiger partial charge in [-0.05, 0) is 25.8 Å². The third-order valence-electron chi connectivity index (χ3n) is 3.81. The lowest BCUT2D eigenvalue weighted by Gasteiger charge is -2.15. The number of fused-ring (bicyclic) bond motifs is 1. The van der Waals surface area contributed by atoms with Gasteiger partial charge in [-0.25, -0.2) is 4.98 Å². The van der Waals surface area contributed by atoms with Crippen LogP contribution in [0.2, 0.25) is 0 Å². The van der Waals surface area contributed by atoms with E-state index < -0.39 is 0 Å². The van der Waals surface area contributed by atoms with E-state index in [9.17, 15) is 0 Å². The van der Waals surface area contributed by atoms with Crippen molar-refractivity contribution < 1.29 is 0 Å². The Morgan fingerprint density at radius 3 is 2.95 bits per heavy atom. The molecular formula is C15H23N5. The average Bonchev–Trinajstić information content (AvgIpc) is 3.07. The Labute approximate surface area is 119 Å². The van der Waals surface area contributed by atoms with Gasteiger partial charge in [-0.1, -0.05) is 20.3 Å².